The molecular formula is C26H28N6O3. The first-order valence-corrected chi connectivity index (χ1v) is 11.5. The van der Waals surface area contributed by atoms with Gasteiger partial charge in [-0.1, -0.05) is 37.3 Å². The average Bonchev–Trinajstić information content (AvgIpc) is 2.91. The molecule has 9 nitrogen and oxygen atoms in total. The fraction of sp³-hybridized carbons (Fsp3) is 0.269. The number of nitrogens with zero attached hydrogens (tertiary/aromatic N) is 5. The van der Waals surface area contributed by atoms with Gasteiger partial charge in [-0.3, -0.25) is 14.2 Å². The second-order valence-corrected chi connectivity index (χ2v) is 8.02. The van der Waals surface area contributed by atoms with Gasteiger partial charge in [0.2, 0.25) is 5.88 Å². The van der Waals surface area contributed by atoms with Gasteiger partial charge in [0.25, 0.3) is 11.5 Å². The van der Waals surface area contributed by atoms with Gasteiger partial charge in [-0.15, -0.1) is 0 Å². The van der Waals surface area contributed by atoms with Gasteiger partial charge in [0, 0.05) is 31.5 Å². The number of hydrogen-bond donors (Lipinski definition) is 1. The van der Waals surface area contributed by atoms with Gasteiger partial charge in [0.15, 0.2) is 5.65 Å². The summed E-state index contributed by atoms with van der Waals surface area (Å²) < 4.78 is 6.75. The number of carbonyl (C=O) groups is 1. The topological polar surface area (TPSA) is 116 Å². The van der Waals surface area contributed by atoms with Gasteiger partial charge < -0.3 is 15.4 Å². The molecule has 9 heteroatoms. The molecule has 1 aromatic carbocycles. The van der Waals surface area contributed by atoms with Crippen molar-refractivity contribution in [3.63, 3.8) is 0 Å². The second kappa shape index (κ2) is 10.9. The van der Waals surface area contributed by atoms with Crippen molar-refractivity contribution in [1.82, 2.24) is 24.4 Å². The number of hydrogen-bond acceptors (Lipinski definition) is 7. The number of methoxy groups -OCH3 is 1. The fourth-order valence-electron chi connectivity index (χ4n) is 4.12. The molecule has 0 spiro atoms. The molecule has 4 aromatic rings. The molecule has 0 aliphatic rings. The van der Waals surface area contributed by atoms with Crippen LogP contribution in [0.2, 0.25) is 0 Å². The molecule has 1 unspecified atom stereocenters. The number of benzene rings is 1. The zero-order chi connectivity index (χ0) is 24.8. The maximum atomic E-state index is 13.6. The second-order valence-electron chi connectivity index (χ2n) is 8.02. The van der Waals surface area contributed by atoms with E-state index in [1.807, 2.05) is 37.3 Å². The van der Waals surface area contributed by atoms with E-state index >= 15 is 0 Å². The summed E-state index contributed by atoms with van der Waals surface area (Å²) in [7, 11) is 1.52. The number of ether oxygens (including phenoxy) is 1. The standard InChI is InChI=1S/C26H28N6O3/c1-3-21(31(15-13-27)25(33)19-11-12-22(35-2)29-16-19)24-30-23-20(10-7-14-28-23)26(34)32(24)17-18-8-5-4-6-9-18/h4-12,14,16,21H,3,13,15,17,27H2,1-2H3. The van der Waals surface area contributed by atoms with Crippen LogP contribution in [0.25, 0.3) is 11.0 Å². The molecule has 0 bridgehead atoms. The third kappa shape index (κ3) is 5.04. The first kappa shape index (κ1) is 24.0. The van der Waals surface area contributed by atoms with E-state index in [1.165, 1.54) is 13.3 Å². The van der Waals surface area contributed by atoms with Gasteiger partial charge in [-0.2, -0.15) is 0 Å². The molecule has 0 radical (unpaired) electrons. The minimum absolute atomic E-state index is 0.202. The quantitative estimate of drug-likeness (QED) is 0.398. The monoisotopic (exact) mass is 472 g/mol. The summed E-state index contributed by atoms with van der Waals surface area (Å²) in [4.78, 5) is 42.1. The van der Waals surface area contributed by atoms with E-state index in [1.54, 1.807) is 39.9 Å². The molecule has 0 aliphatic heterocycles. The van der Waals surface area contributed by atoms with Crippen molar-refractivity contribution in [2.45, 2.75) is 25.9 Å². The van der Waals surface area contributed by atoms with E-state index < -0.39 is 6.04 Å². The first-order chi connectivity index (χ1) is 17.1. The summed E-state index contributed by atoms with van der Waals surface area (Å²) in [5, 5.41) is 0.429. The van der Waals surface area contributed by atoms with Crippen molar-refractivity contribution < 1.29 is 9.53 Å². The maximum Gasteiger partial charge on any atom is 0.263 e. The molecule has 3 aromatic heterocycles. The lowest BCUT2D eigenvalue weighted by Crippen LogP contribution is -2.41. The molecule has 0 fully saturated rings. The summed E-state index contributed by atoms with van der Waals surface area (Å²) in [6, 6.07) is 15.9. The highest BCUT2D eigenvalue weighted by molar-refractivity contribution is 5.94. The van der Waals surface area contributed by atoms with E-state index in [9.17, 15) is 9.59 Å². The molecule has 35 heavy (non-hydrogen) atoms. The Morgan fingerprint density at radius 3 is 2.57 bits per heavy atom. The molecule has 0 saturated heterocycles. The summed E-state index contributed by atoms with van der Waals surface area (Å²) in [6.07, 6.45) is 3.60. The summed E-state index contributed by atoms with van der Waals surface area (Å²) in [5.41, 5.74) is 7.41. The van der Waals surface area contributed by atoms with E-state index in [4.69, 9.17) is 15.5 Å². The molecule has 0 saturated carbocycles. The Balaban J connectivity index is 1.84. The zero-order valence-corrected chi connectivity index (χ0v) is 19.8. The van der Waals surface area contributed by atoms with Crippen LogP contribution >= 0.6 is 0 Å². The van der Waals surface area contributed by atoms with E-state index in [-0.39, 0.29) is 24.6 Å². The minimum Gasteiger partial charge on any atom is -0.481 e. The van der Waals surface area contributed by atoms with Gasteiger partial charge in [0.05, 0.1) is 30.6 Å². The fourth-order valence-corrected chi connectivity index (χ4v) is 4.12. The van der Waals surface area contributed by atoms with Crippen molar-refractivity contribution in [2.75, 3.05) is 20.2 Å². The smallest absolute Gasteiger partial charge is 0.263 e. The molecule has 3 heterocycles. The zero-order valence-electron chi connectivity index (χ0n) is 19.8. The average molecular weight is 473 g/mol. The Labute approximate surface area is 203 Å². The van der Waals surface area contributed by atoms with Crippen molar-refractivity contribution in [3.05, 3.63) is 94.3 Å². The highest BCUT2D eigenvalue weighted by atomic mass is 16.5. The van der Waals surface area contributed by atoms with E-state index in [2.05, 4.69) is 9.97 Å². The van der Waals surface area contributed by atoms with Crippen molar-refractivity contribution in [1.29, 1.82) is 0 Å². The largest absolute Gasteiger partial charge is 0.481 e. The molecule has 4 rings (SSSR count). The summed E-state index contributed by atoms with van der Waals surface area (Å²) in [5.74, 6) is 0.632. The third-order valence-corrected chi connectivity index (χ3v) is 5.83. The summed E-state index contributed by atoms with van der Waals surface area (Å²) >= 11 is 0. The van der Waals surface area contributed by atoms with Gasteiger partial charge in [-0.25, -0.2) is 15.0 Å². The molecule has 1 amide bonds. The first-order valence-electron chi connectivity index (χ1n) is 11.5. The van der Waals surface area contributed by atoms with Crippen molar-refractivity contribution in [2.24, 2.45) is 5.73 Å². The Bertz CT molecular complexity index is 1360. The third-order valence-electron chi connectivity index (χ3n) is 5.83. The Kier molecular flexibility index (Phi) is 7.47. The van der Waals surface area contributed by atoms with Gasteiger partial charge >= 0.3 is 0 Å². The number of rotatable bonds is 9. The Morgan fingerprint density at radius 1 is 1.11 bits per heavy atom. The Hall–Kier alpha value is -4.11. The molecule has 1 atom stereocenters. The van der Waals surface area contributed by atoms with Crippen LogP contribution in [0.5, 0.6) is 5.88 Å². The number of pyridine rings is 2. The minimum atomic E-state index is -0.504. The number of aromatic nitrogens is 4. The number of nitrogens with two attached hydrogens (primary N) is 1. The van der Waals surface area contributed by atoms with Crippen molar-refractivity contribution in [3.8, 4) is 5.88 Å². The predicted molar refractivity (Wildman–Crippen MR) is 133 cm³/mol. The lowest BCUT2D eigenvalue weighted by Gasteiger charge is -2.32. The highest BCUT2D eigenvalue weighted by Gasteiger charge is 2.29. The molecule has 2 N–H and O–H groups in total. The van der Waals surface area contributed by atoms with Crippen LogP contribution in [0.1, 0.15) is 41.1 Å². The Morgan fingerprint density at radius 2 is 1.91 bits per heavy atom. The number of fused-ring (bicyclic) bond motifs is 1. The van der Waals surface area contributed by atoms with Gasteiger partial charge in [0.1, 0.15) is 5.82 Å². The van der Waals surface area contributed by atoms with Crippen LogP contribution in [0.3, 0.4) is 0 Å². The van der Waals surface area contributed by atoms with Crippen molar-refractivity contribution >= 4 is 16.9 Å². The van der Waals surface area contributed by atoms with Crippen LogP contribution in [-0.4, -0.2) is 50.5 Å². The van der Waals surface area contributed by atoms with Crippen LogP contribution in [0.15, 0.2) is 71.8 Å². The van der Waals surface area contributed by atoms with Crippen LogP contribution in [-0.2, 0) is 6.54 Å². The molecule has 180 valence electrons. The van der Waals surface area contributed by atoms with Crippen LogP contribution in [0.4, 0.5) is 0 Å². The molecule has 0 aliphatic carbocycles. The van der Waals surface area contributed by atoms with Crippen LogP contribution in [0, 0.1) is 0 Å². The highest BCUT2D eigenvalue weighted by Crippen LogP contribution is 2.26. The van der Waals surface area contributed by atoms with E-state index in [0.29, 0.717) is 41.3 Å². The van der Waals surface area contributed by atoms with E-state index in [0.717, 1.165) is 5.56 Å². The number of amides is 1. The SMILES string of the molecule is CCC(c1nc2ncccc2c(=O)n1Cc1ccccc1)N(CCN)C(=O)c1ccc(OC)nc1. The normalized spacial score (nSPS) is 11.9. The lowest BCUT2D eigenvalue weighted by atomic mass is 10.1. The summed E-state index contributed by atoms with van der Waals surface area (Å²) in [6.45, 7) is 2.80. The predicted octanol–water partition coefficient (Wildman–Crippen LogP) is 2.80. The number of carbonyl (C=O) groups excluding carboxylic acids is 1. The molecular weight excluding hydrogens is 444 g/mol. The lowest BCUT2D eigenvalue weighted by molar-refractivity contribution is 0.0663. The van der Waals surface area contributed by atoms with Gasteiger partial charge in [-0.05, 0) is 30.2 Å². The maximum absolute atomic E-state index is 13.6. The van der Waals surface area contributed by atoms with Crippen LogP contribution < -0.4 is 16.0 Å².